The highest BCUT2D eigenvalue weighted by Gasteiger charge is 2.19. The molecule has 0 bridgehead atoms. The van der Waals surface area contributed by atoms with E-state index < -0.39 is 23.0 Å². The standard InChI is InChI=1S/C29H24FN7O4/c1-2-36-16-23(28(39)37(29(36)40)21-7-3-19(30)4-8-21)27(38)35-20-5-9-22(10-6-20)41-26-13-18(25-15-32-17-34-25)14-33-24(26)11-12-31/h3-17,31,33H,2H2,1H3,(H,32,34)(H,35,38)/b24-11-,31-12?. The largest absolute Gasteiger partial charge is 0.455 e. The van der Waals surface area contributed by atoms with Gasteiger partial charge in [-0.3, -0.25) is 14.2 Å². The molecule has 0 saturated carbocycles. The summed E-state index contributed by atoms with van der Waals surface area (Å²) in [4.78, 5) is 46.3. The Labute approximate surface area is 232 Å². The molecular weight excluding hydrogens is 529 g/mol. The summed E-state index contributed by atoms with van der Waals surface area (Å²) in [5.74, 6) is -0.334. The maximum Gasteiger partial charge on any atom is 0.335 e. The SMILES string of the molecule is CCn1cc(C(=O)Nc2ccc(OC3=CC(c4c[nH]cn4)=CN/C3=C\C=N)cc2)c(=O)n(-c2ccc(F)cc2)c1=O. The first-order chi connectivity index (χ1) is 19.9. The number of hydrogen-bond donors (Lipinski definition) is 4. The quantitative estimate of drug-likeness (QED) is 0.245. The van der Waals surface area contributed by atoms with Crippen molar-refractivity contribution in [2.24, 2.45) is 0 Å². The first kappa shape index (κ1) is 26.8. The molecule has 12 heteroatoms. The van der Waals surface area contributed by atoms with Crippen LogP contribution in [-0.2, 0) is 6.54 Å². The molecule has 3 heterocycles. The number of amides is 1. The molecule has 2 aromatic heterocycles. The van der Waals surface area contributed by atoms with Gasteiger partial charge in [-0.15, -0.1) is 0 Å². The van der Waals surface area contributed by atoms with Crippen molar-refractivity contribution in [3.05, 3.63) is 135 Å². The van der Waals surface area contributed by atoms with E-state index in [0.29, 0.717) is 28.6 Å². The molecule has 0 aliphatic carbocycles. The van der Waals surface area contributed by atoms with E-state index in [1.54, 1.807) is 62.1 Å². The molecule has 1 aliphatic heterocycles. The van der Waals surface area contributed by atoms with Gasteiger partial charge >= 0.3 is 5.69 Å². The number of ether oxygens (including phenoxy) is 1. The fourth-order valence-electron chi connectivity index (χ4n) is 4.09. The minimum Gasteiger partial charge on any atom is -0.455 e. The van der Waals surface area contributed by atoms with Gasteiger partial charge in [0.1, 0.15) is 17.1 Å². The van der Waals surface area contributed by atoms with Crippen LogP contribution in [0.25, 0.3) is 11.3 Å². The van der Waals surface area contributed by atoms with Gasteiger partial charge in [-0.25, -0.2) is 18.7 Å². The van der Waals surface area contributed by atoms with E-state index in [1.807, 2.05) is 0 Å². The third-order valence-electron chi connectivity index (χ3n) is 6.14. The number of anilines is 1. The van der Waals surface area contributed by atoms with Crippen LogP contribution in [-0.4, -0.2) is 31.2 Å². The summed E-state index contributed by atoms with van der Waals surface area (Å²) < 4.78 is 21.5. The molecule has 0 unspecified atom stereocenters. The first-order valence-corrected chi connectivity index (χ1v) is 12.5. The van der Waals surface area contributed by atoms with E-state index in [0.717, 1.165) is 28.5 Å². The maximum absolute atomic E-state index is 13.4. The lowest BCUT2D eigenvalue weighted by Gasteiger charge is -2.18. The van der Waals surface area contributed by atoms with Gasteiger partial charge in [-0.2, -0.15) is 0 Å². The monoisotopic (exact) mass is 553 g/mol. The molecule has 4 N–H and O–H groups in total. The Hall–Kier alpha value is -5.78. The number of nitrogens with zero attached hydrogens (tertiary/aromatic N) is 3. The number of hydrogen-bond acceptors (Lipinski definition) is 7. The molecule has 5 rings (SSSR count). The number of halogens is 1. The van der Waals surface area contributed by atoms with Crippen molar-refractivity contribution < 1.29 is 13.9 Å². The van der Waals surface area contributed by atoms with Gasteiger partial charge in [-0.05, 0) is 67.6 Å². The van der Waals surface area contributed by atoms with Crippen molar-refractivity contribution in [3.63, 3.8) is 0 Å². The molecule has 41 heavy (non-hydrogen) atoms. The van der Waals surface area contributed by atoms with Crippen LogP contribution in [0.3, 0.4) is 0 Å². The number of aryl methyl sites for hydroxylation is 1. The fourth-order valence-corrected chi connectivity index (χ4v) is 4.09. The zero-order valence-corrected chi connectivity index (χ0v) is 21.7. The molecule has 0 saturated heterocycles. The third kappa shape index (κ3) is 5.66. The number of benzene rings is 2. The summed E-state index contributed by atoms with van der Waals surface area (Å²) in [6.07, 6.45) is 10.7. The number of imidazole rings is 1. The minimum absolute atomic E-state index is 0.146. The number of aromatic amines is 1. The van der Waals surface area contributed by atoms with E-state index in [4.69, 9.17) is 10.1 Å². The van der Waals surface area contributed by atoms with E-state index >= 15 is 0 Å². The van der Waals surface area contributed by atoms with E-state index in [9.17, 15) is 18.8 Å². The molecule has 1 amide bonds. The maximum atomic E-state index is 13.4. The van der Waals surface area contributed by atoms with Crippen molar-refractivity contribution in [3.8, 4) is 11.4 Å². The number of carbonyl (C=O) groups is 1. The first-order valence-electron chi connectivity index (χ1n) is 12.5. The number of rotatable bonds is 8. The zero-order valence-electron chi connectivity index (χ0n) is 21.7. The number of H-pyrrole nitrogens is 1. The van der Waals surface area contributed by atoms with Crippen molar-refractivity contribution in [1.29, 1.82) is 5.41 Å². The van der Waals surface area contributed by atoms with Gasteiger partial charge < -0.3 is 25.8 Å². The highest BCUT2D eigenvalue weighted by Crippen LogP contribution is 2.26. The molecule has 2 aromatic carbocycles. The number of allylic oxidation sites excluding steroid dienone is 3. The molecule has 11 nitrogen and oxygen atoms in total. The van der Waals surface area contributed by atoms with Crippen LogP contribution < -0.4 is 26.6 Å². The molecule has 1 aliphatic rings. The van der Waals surface area contributed by atoms with Crippen molar-refractivity contribution in [2.75, 3.05) is 5.32 Å². The fraction of sp³-hybridized carbons (Fsp3) is 0.0690. The van der Waals surface area contributed by atoms with Gasteiger partial charge in [0.05, 0.1) is 23.4 Å². The molecule has 206 valence electrons. The van der Waals surface area contributed by atoms with Crippen LogP contribution in [0.5, 0.6) is 5.75 Å². The Morgan fingerprint density at radius 1 is 1.15 bits per heavy atom. The van der Waals surface area contributed by atoms with E-state index in [-0.39, 0.29) is 17.8 Å². The van der Waals surface area contributed by atoms with Gasteiger partial charge in [0.15, 0.2) is 5.76 Å². The highest BCUT2D eigenvalue weighted by molar-refractivity contribution is 6.03. The van der Waals surface area contributed by atoms with Crippen molar-refractivity contribution >= 4 is 23.4 Å². The van der Waals surface area contributed by atoms with E-state index in [1.165, 1.54) is 22.9 Å². The summed E-state index contributed by atoms with van der Waals surface area (Å²) in [5, 5.41) is 13.2. The second-order valence-electron chi connectivity index (χ2n) is 8.76. The number of nitrogens with one attached hydrogen (secondary N) is 4. The van der Waals surface area contributed by atoms with Crippen LogP contribution in [0, 0.1) is 11.2 Å². The molecule has 0 atom stereocenters. The number of carbonyl (C=O) groups excluding carboxylic acids is 1. The van der Waals surface area contributed by atoms with Crippen LogP contribution in [0.4, 0.5) is 10.1 Å². The van der Waals surface area contributed by atoms with Crippen molar-refractivity contribution in [1.82, 2.24) is 24.4 Å². The Morgan fingerprint density at radius 2 is 1.90 bits per heavy atom. The normalized spacial score (nSPS) is 13.7. The average molecular weight is 554 g/mol. The Balaban J connectivity index is 1.38. The van der Waals surface area contributed by atoms with Crippen LogP contribution in [0.15, 0.2) is 107 Å². The number of dihydropyridines is 1. The summed E-state index contributed by atoms with van der Waals surface area (Å²) in [6.45, 7) is 1.91. The van der Waals surface area contributed by atoms with Crippen LogP contribution in [0.1, 0.15) is 23.0 Å². The molecule has 0 fully saturated rings. The van der Waals surface area contributed by atoms with Crippen molar-refractivity contribution in [2.45, 2.75) is 13.5 Å². The predicted octanol–water partition coefficient (Wildman–Crippen LogP) is 3.57. The highest BCUT2D eigenvalue weighted by atomic mass is 19.1. The summed E-state index contributed by atoms with van der Waals surface area (Å²) in [7, 11) is 0. The van der Waals surface area contributed by atoms with Gasteiger partial charge in [0, 0.05) is 42.6 Å². The van der Waals surface area contributed by atoms with E-state index in [2.05, 4.69) is 20.6 Å². The summed E-state index contributed by atoms with van der Waals surface area (Å²) >= 11 is 0. The zero-order chi connectivity index (χ0) is 28.9. The predicted molar refractivity (Wildman–Crippen MR) is 152 cm³/mol. The van der Waals surface area contributed by atoms with Gasteiger partial charge in [0.2, 0.25) is 0 Å². The lowest BCUT2D eigenvalue weighted by molar-refractivity contribution is 0.102. The molecule has 0 radical (unpaired) electrons. The van der Waals surface area contributed by atoms with Gasteiger partial charge in [0.25, 0.3) is 11.5 Å². The summed E-state index contributed by atoms with van der Waals surface area (Å²) in [5.41, 5.74) is 0.849. The smallest absolute Gasteiger partial charge is 0.335 e. The Kier molecular flexibility index (Phi) is 7.54. The lowest BCUT2D eigenvalue weighted by Crippen LogP contribution is -2.42. The van der Waals surface area contributed by atoms with Crippen LogP contribution in [0.2, 0.25) is 0 Å². The average Bonchev–Trinajstić information content (AvgIpc) is 3.51. The second-order valence-corrected chi connectivity index (χ2v) is 8.76. The Morgan fingerprint density at radius 3 is 2.56 bits per heavy atom. The molecule has 0 spiro atoms. The summed E-state index contributed by atoms with van der Waals surface area (Å²) in [6, 6.07) is 11.3. The lowest BCUT2D eigenvalue weighted by atomic mass is 10.1. The topological polar surface area (TPSA) is 147 Å². The molecule has 4 aromatic rings. The number of aromatic nitrogens is 4. The Bertz CT molecular complexity index is 1810. The third-order valence-corrected chi connectivity index (χ3v) is 6.14. The molecular formula is C29H24FN7O4. The van der Waals surface area contributed by atoms with Gasteiger partial charge in [-0.1, -0.05) is 0 Å². The minimum atomic E-state index is -0.827. The van der Waals surface area contributed by atoms with Crippen LogP contribution >= 0.6 is 0 Å². The second kappa shape index (κ2) is 11.5.